The maximum absolute atomic E-state index is 11.5. The van der Waals surface area contributed by atoms with Gasteiger partial charge in [0.15, 0.2) is 0 Å². The molecule has 18 heavy (non-hydrogen) atoms. The SMILES string of the molecule is CC1(C)CCCN(c2cc(N)ccc2C(N)=O)C1. The molecule has 1 aromatic rings. The highest BCUT2D eigenvalue weighted by Crippen LogP contribution is 2.33. The second kappa shape index (κ2) is 4.52. The molecule has 0 atom stereocenters. The molecule has 0 unspecified atom stereocenters. The molecular formula is C14H21N3O. The molecule has 4 nitrogen and oxygen atoms in total. The van der Waals surface area contributed by atoms with Crippen LogP contribution in [0.25, 0.3) is 0 Å². The van der Waals surface area contributed by atoms with Crippen LogP contribution >= 0.6 is 0 Å². The van der Waals surface area contributed by atoms with Crippen molar-refractivity contribution in [2.24, 2.45) is 11.1 Å². The molecule has 1 amide bonds. The molecule has 1 aliphatic rings. The van der Waals surface area contributed by atoms with Crippen molar-refractivity contribution < 1.29 is 4.79 Å². The summed E-state index contributed by atoms with van der Waals surface area (Å²) < 4.78 is 0. The lowest BCUT2D eigenvalue weighted by Crippen LogP contribution is -2.41. The number of amides is 1. The molecule has 0 saturated carbocycles. The molecule has 0 aliphatic carbocycles. The van der Waals surface area contributed by atoms with E-state index in [0.29, 0.717) is 11.3 Å². The van der Waals surface area contributed by atoms with Gasteiger partial charge in [0.1, 0.15) is 0 Å². The van der Waals surface area contributed by atoms with E-state index >= 15 is 0 Å². The zero-order valence-corrected chi connectivity index (χ0v) is 11.1. The number of carbonyl (C=O) groups is 1. The predicted octanol–water partition coefficient (Wildman–Crippen LogP) is 1.99. The van der Waals surface area contributed by atoms with Crippen molar-refractivity contribution in [2.45, 2.75) is 26.7 Å². The van der Waals surface area contributed by atoms with Crippen LogP contribution in [-0.2, 0) is 0 Å². The molecule has 1 fully saturated rings. The average Bonchev–Trinajstić information content (AvgIpc) is 2.27. The number of piperidine rings is 1. The van der Waals surface area contributed by atoms with E-state index in [1.807, 2.05) is 6.07 Å². The molecule has 2 rings (SSSR count). The standard InChI is InChI=1S/C14H21N3O/c1-14(2)6-3-7-17(9-14)12-8-10(15)4-5-11(12)13(16)18/h4-5,8H,3,6-7,9,15H2,1-2H3,(H2,16,18). The number of benzene rings is 1. The predicted molar refractivity (Wildman–Crippen MR) is 74.6 cm³/mol. The molecule has 98 valence electrons. The molecule has 1 aliphatic heterocycles. The van der Waals surface area contributed by atoms with Gasteiger partial charge in [0.25, 0.3) is 5.91 Å². The fraction of sp³-hybridized carbons (Fsp3) is 0.500. The number of nitrogen functional groups attached to an aromatic ring is 1. The topological polar surface area (TPSA) is 72.3 Å². The maximum Gasteiger partial charge on any atom is 0.250 e. The van der Waals surface area contributed by atoms with E-state index in [-0.39, 0.29) is 5.41 Å². The van der Waals surface area contributed by atoms with Gasteiger partial charge in [-0.25, -0.2) is 0 Å². The molecule has 0 spiro atoms. The number of nitrogens with two attached hydrogens (primary N) is 2. The third kappa shape index (κ3) is 2.58. The van der Waals surface area contributed by atoms with E-state index in [9.17, 15) is 4.79 Å². The fourth-order valence-electron chi connectivity index (χ4n) is 2.65. The van der Waals surface area contributed by atoms with Crippen molar-refractivity contribution in [3.05, 3.63) is 23.8 Å². The van der Waals surface area contributed by atoms with Gasteiger partial charge in [-0.1, -0.05) is 13.8 Å². The summed E-state index contributed by atoms with van der Waals surface area (Å²) in [6, 6.07) is 5.29. The van der Waals surface area contributed by atoms with Gasteiger partial charge in [-0.05, 0) is 36.5 Å². The monoisotopic (exact) mass is 247 g/mol. The Hall–Kier alpha value is -1.71. The lowest BCUT2D eigenvalue weighted by atomic mass is 9.84. The second-order valence-electron chi connectivity index (χ2n) is 5.83. The fourth-order valence-corrected chi connectivity index (χ4v) is 2.65. The largest absolute Gasteiger partial charge is 0.399 e. The van der Waals surface area contributed by atoms with Crippen molar-refractivity contribution in [2.75, 3.05) is 23.7 Å². The van der Waals surface area contributed by atoms with Crippen molar-refractivity contribution in [1.82, 2.24) is 0 Å². The summed E-state index contributed by atoms with van der Waals surface area (Å²) in [5, 5.41) is 0. The van der Waals surface area contributed by atoms with Crippen molar-refractivity contribution in [3.63, 3.8) is 0 Å². The van der Waals surface area contributed by atoms with Crippen molar-refractivity contribution in [3.8, 4) is 0 Å². The molecule has 1 heterocycles. The number of nitrogens with zero attached hydrogens (tertiary/aromatic N) is 1. The lowest BCUT2D eigenvalue weighted by Gasteiger charge is -2.40. The van der Waals surface area contributed by atoms with Crippen LogP contribution in [0.4, 0.5) is 11.4 Å². The Bertz CT molecular complexity index is 468. The first-order chi connectivity index (χ1) is 8.39. The first-order valence-electron chi connectivity index (χ1n) is 6.33. The molecule has 0 radical (unpaired) electrons. The number of rotatable bonds is 2. The smallest absolute Gasteiger partial charge is 0.250 e. The lowest BCUT2D eigenvalue weighted by molar-refractivity contribution is 0.100. The number of hydrogen-bond donors (Lipinski definition) is 2. The summed E-state index contributed by atoms with van der Waals surface area (Å²) in [7, 11) is 0. The molecule has 1 saturated heterocycles. The number of anilines is 2. The average molecular weight is 247 g/mol. The summed E-state index contributed by atoms with van der Waals surface area (Å²) >= 11 is 0. The Morgan fingerprint density at radius 3 is 2.72 bits per heavy atom. The molecule has 0 aromatic heterocycles. The number of primary amides is 1. The van der Waals surface area contributed by atoms with Gasteiger partial charge in [0.05, 0.1) is 11.3 Å². The second-order valence-corrected chi connectivity index (χ2v) is 5.83. The van der Waals surface area contributed by atoms with E-state index in [2.05, 4.69) is 18.7 Å². The third-order valence-corrected chi connectivity index (χ3v) is 3.53. The molecule has 4 heteroatoms. The highest BCUT2D eigenvalue weighted by Gasteiger charge is 2.28. The van der Waals surface area contributed by atoms with Crippen LogP contribution in [0.15, 0.2) is 18.2 Å². The van der Waals surface area contributed by atoms with E-state index in [1.165, 1.54) is 6.42 Å². The first-order valence-corrected chi connectivity index (χ1v) is 6.33. The molecule has 4 N–H and O–H groups in total. The summed E-state index contributed by atoms with van der Waals surface area (Å²) in [4.78, 5) is 13.7. The van der Waals surface area contributed by atoms with E-state index < -0.39 is 5.91 Å². The van der Waals surface area contributed by atoms with Crippen LogP contribution in [0.3, 0.4) is 0 Å². The van der Waals surface area contributed by atoms with Gasteiger partial charge in [-0.2, -0.15) is 0 Å². The Morgan fingerprint density at radius 2 is 2.11 bits per heavy atom. The zero-order valence-electron chi connectivity index (χ0n) is 11.1. The summed E-state index contributed by atoms with van der Waals surface area (Å²) in [5.41, 5.74) is 13.6. The Labute approximate surface area is 108 Å². The minimum Gasteiger partial charge on any atom is -0.399 e. The van der Waals surface area contributed by atoms with Gasteiger partial charge < -0.3 is 16.4 Å². The van der Waals surface area contributed by atoms with Gasteiger partial charge in [-0.3, -0.25) is 4.79 Å². The van der Waals surface area contributed by atoms with Crippen LogP contribution in [0.2, 0.25) is 0 Å². The van der Waals surface area contributed by atoms with Crippen LogP contribution in [-0.4, -0.2) is 19.0 Å². The maximum atomic E-state index is 11.5. The number of hydrogen-bond acceptors (Lipinski definition) is 3. The zero-order chi connectivity index (χ0) is 13.3. The van der Waals surface area contributed by atoms with Gasteiger partial charge in [0.2, 0.25) is 0 Å². The first kappa shape index (κ1) is 12.7. The highest BCUT2D eigenvalue weighted by atomic mass is 16.1. The number of carbonyl (C=O) groups excluding carboxylic acids is 1. The van der Waals surface area contributed by atoms with Crippen LogP contribution in [0.1, 0.15) is 37.0 Å². The quantitative estimate of drug-likeness (QED) is 0.785. The minimum absolute atomic E-state index is 0.262. The molecular weight excluding hydrogens is 226 g/mol. The van der Waals surface area contributed by atoms with E-state index in [0.717, 1.165) is 25.2 Å². The Balaban J connectivity index is 2.37. The summed E-state index contributed by atoms with van der Waals surface area (Å²) in [6.45, 7) is 6.37. The van der Waals surface area contributed by atoms with Gasteiger partial charge in [0, 0.05) is 18.8 Å². The van der Waals surface area contributed by atoms with Crippen molar-refractivity contribution in [1.29, 1.82) is 0 Å². The summed E-state index contributed by atoms with van der Waals surface area (Å²) in [6.07, 6.45) is 2.33. The third-order valence-electron chi connectivity index (χ3n) is 3.53. The van der Waals surface area contributed by atoms with Crippen LogP contribution < -0.4 is 16.4 Å². The molecule has 1 aromatic carbocycles. The Morgan fingerprint density at radius 1 is 1.39 bits per heavy atom. The van der Waals surface area contributed by atoms with Gasteiger partial charge >= 0.3 is 0 Å². The molecule has 0 bridgehead atoms. The van der Waals surface area contributed by atoms with Crippen LogP contribution in [0, 0.1) is 5.41 Å². The van der Waals surface area contributed by atoms with E-state index in [1.54, 1.807) is 12.1 Å². The van der Waals surface area contributed by atoms with Crippen molar-refractivity contribution >= 4 is 17.3 Å². The minimum atomic E-state index is -0.395. The van der Waals surface area contributed by atoms with Crippen LogP contribution in [0.5, 0.6) is 0 Å². The highest BCUT2D eigenvalue weighted by molar-refractivity contribution is 5.99. The Kier molecular flexibility index (Phi) is 3.20. The normalized spacial score (nSPS) is 18.7. The van der Waals surface area contributed by atoms with Gasteiger partial charge in [-0.15, -0.1) is 0 Å². The van der Waals surface area contributed by atoms with E-state index in [4.69, 9.17) is 11.5 Å². The summed E-state index contributed by atoms with van der Waals surface area (Å²) in [5.74, 6) is -0.395.